The molecule has 0 saturated heterocycles. The van der Waals surface area contributed by atoms with Crippen LogP contribution in [0.25, 0.3) is 0 Å². The molecular formula is C34H40F4O4Si2Ti. The summed E-state index contributed by atoms with van der Waals surface area (Å²) in [6.45, 7) is 17.3. The number of hydrogen-bond acceptors (Lipinski definition) is 4. The van der Waals surface area contributed by atoms with Gasteiger partial charge < -0.3 is 9.47 Å². The van der Waals surface area contributed by atoms with E-state index in [2.05, 4.69) is 85.2 Å². The van der Waals surface area contributed by atoms with Crippen molar-refractivity contribution in [1.29, 1.82) is 0 Å². The van der Waals surface area contributed by atoms with E-state index in [9.17, 15) is 27.2 Å². The number of halogens is 4. The second-order valence-electron chi connectivity index (χ2n) is 11.5. The van der Waals surface area contributed by atoms with E-state index < -0.39 is 51.4 Å². The molecule has 0 amide bonds. The maximum Gasteiger partial charge on any atom is 4.00 e. The smallest absolute Gasteiger partial charge is 0.488 e. The molecule has 0 radical (unpaired) electrons. The molecule has 240 valence electrons. The van der Waals surface area contributed by atoms with Crippen molar-refractivity contribution < 1.29 is 58.3 Å². The maximum absolute atomic E-state index is 12.8. The molecule has 0 aliphatic heterocycles. The van der Waals surface area contributed by atoms with Crippen molar-refractivity contribution in [1.82, 2.24) is 0 Å². The van der Waals surface area contributed by atoms with Gasteiger partial charge in [0.1, 0.15) is 0 Å². The Labute approximate surface area is 282 Å². The number of ether oxygens (including phenoxy) is 2. The molecule has 4 rings (SSSR count). The van der Waals surface area contributed by atoms with Gasteiger partial charge in [0.2, 0.25) is 0 Å². The predicted molar refractivity (Wildman–Crippen MR) is 170 cm³/mol. The Balaban J connectivity index is 0.000000577. The van der Waals surface area contributed by atoms with E-state index in [0.717, 1.165) is 37.1 Å². The van der Waals surface area contributed by atoms with Gasteiger partial charge in [-0.1, -0.05) is 53.1 Å². The van der Waals surface area contributed by atoms with E-state index in [0.29, 0.717) is 0 Å². The van der Waals surface area contributed by atoms with Crippen molar-refractivity contribution in [2.24, 2.45) is 0 Å². The summed E-state index contributed by atoms with van der Waals surface area (Å²) in [5, 5.41) is 2.98. The number of carbonyl (C=O) groups is 2. The Morgan fingerprint density at radius 2 is 1.00 bits per heavy atom. The number of esters is 2. The third-order valence-electron chi connectivity index (χ3n) is 5.68. The number of allylic oxidation sites excluding steroid dienone is 8. The van der Waals surface area contributed by atoms with Crippen molar-refractivity contribution >= 4 is 28.1 Å². The third kappa shape index (κ3) is 16.9. The van der Waals surface area contributed by atoms with Crippen LogP contribution in [0.5, 0.6) is 11.5 Å². The zero-order valence-corrected chi connectivity index (χ0v) is 30.7. The largest absolute Gasteiger partial charge is 4.00 e. The minimum absolute atomic E-state index is 0. The summed E-state index contributed by atoms with van der Waals surface area (Å²) >= 11 is 0. The molecule has 0 fully saturated rings. The minimum Gasteiger partial charge on any atom is -0.488 e. The van der Waals surface area contributed by atoms with E-state index in [-0.39, 0.29) is 46.1 Å². The molecule has 0 unspecified atom stereocenters. The van der Waals surface area contributed by atoms with E-state index in [1.165, 1.54) is 10.4 Å². The Bertz CT molecular complexity index is 1290. The Kier molecular flexibility index (Phi) is 19.1. The first-order valence-electron chi connectivity index (χ1n) is 14.2. The van der Waals surface area contributed by atoms with Crippen LogP contribution in [-0.2, 0) is 31.3 Å². The molecule has 2 aromatic carbocycles. The van der Waals surface area contributed by atoms with E-state index >= 15 is 0 Å². The minimum atomic E-state index is -1.01. The fourth-order valence-corrected chi connectivity index (χ4v) is 5.75. The first-order valence-corrected chi connectivity index (χ1v) is 21.2. The summed E-state index contributed by atoms with van der Waals surface area (Å²) in [4.78, 5) is 21.4. The SMILES string of the molecule is CCC(=O)Oc1ccc(F)[c-]c1F.CCC(=O)Oc1ccc(F)[c-]c1F.C[Si](C)(C)C1=[C-]CC=C1.C[Si](C)(C)C1=[C-]CC=C1.[Ti+4]. The van der Waals surface area contributed by atoms with Crippen LogP contribution in [0.1, 0.15) is 39.5 Å². The van der Waals surface area contributed by atoms with Crippen molar-refractivity contribution in [2.45, 2.75) is 78.8 Å². The van der Waals surface area contributed by atoms with Crippen LogP contribution in [0.4, 0.5) is 17.6 Å². The van der Waals surface area contributed by atoms with Crippen molar-refractivity contribution in [3.05, 3.63) is 107 Å². The Morgan fingerprint density at radius 3 is 1.20 bits per heavy atom. The van der Waals surface area contributed by atoms with Gasteiger partial charge in [-0.25, -0.2) is 40.1 Å². The van der Waals surface area contributed by atoms with Gasteiger partial charge in [-0.3, -0.25) is 21.7 Å². The topological polar surface area (TPSA) is 52.6 Å². The van der Waals surface area contributed by atoms with Crippen LogP contribution in [0.3, 0.4) is 0 Å². The molecular weight excluding hydrogens is 652 g/mol. The first-order chi connectivity index (χ1) is 20.5. The van der Waals surface area contributed by atoms with Crippen LogP contribution in [-0.4, -0.2) is 28.1 Å². The summed E-state index contributed by atoms with van der Waals surface area (Å²) in [6.07, 6.45) is 17.9. The summed E-state index contributed by atoms with van der Waals surface area (Å²) in [7, 11) is -2.01. The Hall–Kier alpha value is -2.79. The van der Waals surface area contributed by atoms with Crippen molar-refractivity contribution in [3.8, 4) is 11.5 Å². The summed E-state index contributed by atoms with van der Waals surface area (Å²) < 4.78 is 59.3. The second kappa shape index (κ2) is 20.4. The second-order valence-corrected chi connectivity index (χ2v) is 21.6. The molecule has 0 atom stereocenters. The molecule has 2 aliphatic carbocycles. The van der Waals surface area contributed by atoms with E-state index in [1.54, 1.807) is 26.0 Å². The molecule has 11 heteroatoms. The molecule has 0 heterocycles. The predicted octanol–water partition coefficient (Wildman–Crippen LogP) is 9.26. The van der Waals surface area contributed by atoms with Gasteiger partial charge in [-0.05, 0) is 0 Å². The van der Waals surface area contributed by atoms with E-state index in [4.69, 9.17) is 0 Å². The van der Waals surface area contributed by atoms with Gasteiger partial charge in [0.25, 0.3) is 11.9 Å². The molecule has 0 spiro atoms. The number of hydrogen-bond donors (Lipinski definition) is 0. The van der Waals surface area contributed by atoms with Gasteiger partial charge >= 0.3 is 21.7 Å². The van der Waals surface area contributed by atoms with Gasteiger partial charge in [-0.2, -0.15) is 12.2 Å². The molecule has 0 N–H and O–H groups in total. The van der Waals surface area contributed by atoms with Gasteiger partial charge in [-0.15, -0.1) is 49.2 Å². The van der Waals surface area contributed by atoms with Crippen molar-refractivity contribution in [3.63, 3.8) is 0 Å². The molecule has 0 saturated carbocycles. The number of rotatable bonds is 6. The fraction of sp³-hybridized carbons (Fsp3) is 0.353. The van der Waals surface area contributed by atoms with Gasteiger partial charge in [0.05, 0.1) is 23.1 Å². The standard InChI is InChI=1S/2C9H7F2O2.2C8H13Si.Ti/c2*1-2-9(12)13-8-4-3-6(10)5-7(8)11;2*1-9(2,3)8-6-4-5-7-8;/h2*3-4H,2H2,1H3;2*4,6H,5H2,1-3H3;/q4*-1;+4. The van der Waals surface area contributed by atoms with Crippen LogP contribution < -0.4 is 9.47 Å². The van der Waals surface area contributed by atoms with Crippen molar-refractivity contribution in [2.75, 3.05) is 0 Å². The van der Waals surface area contributed by atoms with Crippen LogP contribution in [0.15, 0.2) is 59.0 Å². The van der Waals surface area contributed by atoms with E-state index in [1.807, 2.05) is 0 Å². The zero-order chi connectivity index (χ0) is 33.5. The maximum atomic E-state index is 12.8. The monoisotopic (exact) mass is 692 g/mol. The summed E-state index contributed by atoms with van der Waals surface area (Å²) in [6, 6.07) is 7.56. The fourth-order valence-electron chi connectivity index (χ4n) is 3.25. The van der Waals surface area contributed by atoms with Crippen LogP contribution in [0, 0.1) is 47.6 Å². The first kappa shape index (κ1) is 42.2. The Morgan fingerprint density at radius 1 is 0.667 bits per heavy atom. The normalized spacial score (nSPS) is 13.0. The quantitative estimate of drug-likeness (QED) is 0.0996. The molecule has 2 aliphatic rings. The van der Waals surface area contributed by atoms with Gasteiger partial charge in [0, 0.05) is 40.6 Å². The molecule has 0 aromatic heterocycles. The van der Waals surface area contributed by atoms with Crippen LogP contribution >= 0.6 is 0 Å². The number of benzene rings is 2. The average molecular weight is 693 g/mol. The zero-order valence-electron chi connectivity index (χ0n) is 27.1. The average Bonchev–Trinajstić information content (AvgIpc) is 3.68. The third-order valence-corrected chi connectivity index (χ3v) is 9.60. The summed E-state index contributed by atoms with van der Waals surface area (Å²) in [5.74, 6) is -5.38. The van der Waals surface area contributed by atoms with Crippen LogP contribution in [0.2, 0.25) is 39.3 Å². The molecule has 2 aromatic rings. The molecule has 0 bridgehead atoms. The number of carbonyl (C=O) groups excluding carboxylic acids is 2. The van der Waals surface area contributed by atoms with Gasteiger partial charge in [0.15, 0.2) is 0 Å². The molecule has 45 heavy (non-hydrogen) atoms. The molecule has 4 nitrogen and oxygen atoms in total. The summed E-state index contributed by atoms with van der Waals surface area (Å²) in [5.41, 5.74) is 0.